The van der Waals surface area contributed by atoms with E-state index >= 15 is 0 Å². The van der Waals surface area contributed by atoms with Crippen molar-refractivity contribution in [2.75, 3.05) is 26.9 Å². The van der Waals surface area contributed by atoms with Gasteiger partial charge in [0, 0.05) is 37.5 Å². The summed E-state index contributed by atoms with van der Waals surface area (Å²) in [7, 11) is 1.59. The minimum atomic E-state index is -0.342. The molecule has 2 amide bonds. The van der Waals surface area contributed by atoms with Crippen molar-refractivity contribution in [3.8, 4) is 5.75 Å². The van der Waals surface area contributed by atoms with Gasteiger partial charge in [0.1, 0.15) is 11.4 Å². The minimum Gasteiger partial charge on any atom is -0.496 e. The third-order valence-corrected chi connectivity index (χ3v) is 4.36. The number of hydrogen-bond donors (Lipinski definition) is 1. The van der Waals surface area contributed by atoms with Crippen LogP contribution in [-0.4, -0.2) is 59.6 Å². The second-order valence-electron chi connectivity index (χ2n) is 6.11. The minimum absolute atomic E-state index is 0.154. The van der Waals surface area contributed by atoms with Crippen molar-refractivity contribution in [2.45, 2.75) is 19.0 Å². The number of para-hydroxylation sites is 1. The molecule has 2 heterocycles. The predicted molar refractivity (Wildman–Crippen MR) is 97.1 cm³/mol. The maximum Gasteiger partial charge on any atom is 0.274 e. The number of aromatic nitrogens is 2. The van der Waals surface area contributed by atoms with Gasteiger partial charge >= 0.3 is 0 Å². The molecule has 8 heteroatoms. The van der Waals surface area contributed by atoms with E-state index in [1.165, 1.54) is 18.6 Å². The molecule has 1 fully saturated rings. The molecule has 0 spiro atoms. The zero-order valence-corrected chi connectivity index (χ0v) is 15.1. The van der Waals surface area contributed by atoms with Crippen LogP contribution in [0.2, 0.25) is 0 Å². The topological polar surface area (TPSA) is 93.7 Å². The summed E-state index contributed by atoms with van der Waals surface area (Å²) in [6.07, 6.45) is 4.57. The molecule has 142 valence electrons. The Hall–Kier alpha value is -3.00. The van der Waals surface area contributed by atoms with Crippen LogP contribution in [-0.2, 0) is 16.1 Å². The molecule has 27 heavy (non-hydrogen) atoms. The van der Waals surface area contributed by atoms with Crippen molar-refractivity contribution in [3.63, 3.8) is 0 Å². The monoisotopic (exact) mass is 370 g/mol. The highest BCUT2D eigenvalue weighted by Crippen LogP contribution is 2.17. The Morgan fingerprint density at radius 2 is 2.19 bits per heavy atom. The lowest BCUT2D eigenvalue weighted by Crippen LogP contribution is -2.50. The van der Waals surface area contributed by atoms with Crippen LogP contribution in [0.5, 0.6) is 5.75 Å². The summed E-state index contributed by atoms with van der Waals surface area (Å²) in [6, 6.07) is 7.16. The number of carbonyl (C=O) groups excluding carboxylic acids is 2. The highest BCUT2D eigenvalue weighted by atomic mass is 16.5. The van der Waals surface area contributed by atoms with Crippen LogP contribution in [0.3, 0.4) is 0 Å². The van der Waals surface area contributed by atoms with E-state index in [1.54, 1.807) is 12.0 Å². The number of nitrogens with zero attached hydrogens (tertiary/aromatic N) is 3. The number of methoxy groups -OCH3 is 1. The van der Waals surface area contributed by atoms with Crippen LogP contribution < -0.4 is 10.1 Å². The van der Waals surface area contributed by atoms with E-state index in [4.69, 9.17) is 9.47 Å². The van der Waals surface area contributed by atoms with E-state index in [0.29, 0.717) is 26.3 Å². The summed E-state index contributed by atoms with van der Waals surface area (Å²) in [5.41, 5.74) is 1.15. The molecule has 1 N–H and O–H groups in total. The summed E-state index contributed by atoms with van der Waals surface area (Å²) in [5.74, 6) is 0.320. The Kier molecular flexibility index (Phi) is 6.32. The molecule has 0 bridgehead atoms. The summed E-state index contributed by atoms with van der Waals surface area (Å²) in [5, 5.41) is 2.88. The Bertz CT molecular complexity index is 784. The van der Waals surface area contributed by atoms with Gasteiger partial charge in [-0.2, -0.15) is 0 Å². The number of carbonyl (C=O) groups is 2. The van der Waals surface area contributed by atoms with Gasteiger partial charge in [-0.05, 0) is 6.07 Å². The van der Waals surface area contributed by atoms with Gasteiger partial charge in [0.2, 0.25) is 5.91 Å². The zero-order valence-electron chi connectivity index (χ0n) is 15.1. The molecule has 1 aromatic carbocycles. The lowest BCUT2D eigenvalue weighted by molar-refractivity contribution is -0.123. The SMILES string of the molecule is COc1ccccc1CNC(=O)C[C@@H]1COCCN1C(=O)c1cnccn1. The van der Waals surface area contributed by atoms with Gasteiger partial charge in [0.05, 0.1) is 32.6 Å². The van der Waals surface area contributed by atoms with Crippen molar-refractivity contribution >= 4 is 11.8 Å². The second-order valence-corrected chi connectivity index (χ2v) is 6.11. The Labute approximate surface area is 157 Å². The third-order valence-electron chi connectivity index (χ3n) is 4.36. The first-order valence-electron chi connectivity index (χ1n) is 8.72. The van der Waals surface area contributed by atoms with E-state index in [0.717, 1.165) is 11.3 Å². The van der Waals surface area contributed by atoms with Crippen LogP contribution in [0.4, 0.5) is 0 Å². The van der Waals surface area contributed by atoms with Crippen LogP contribution >= 0.6 is 0 Å². The molecule has 0 unspecified atom stereocenters. The van der Waals surface area contributed by atoms with Crippen LogP contribution in [0, 0.1) is 0 Å². The number of rotatable bonds is 6. The molecule has 1 aliphatic heterocycles. The van der Waals surface area contributed by atoms with E-state index in [-0.39, 0.29) is 30.0 Å². The fraction of sp³-hybridized carbons (Fsp3) is 0.368. The zero-order chi connectivity index (χ0) is 19.1. The average Bonchev–Trinajstić information content (AvgIpc) is 2.73. The maximum absolute atomic E-state index is 12.7. The van der Waals surface area contributed by atoms with Crippen molar-refractivity contribution in [3.05, 3.63) is 54.1 Å². The van der Waals surface area contributed by atoms with Gasteiger partial charge in [0.15, 0.2) is 0 Å². The summed E-state index contributed by atoms with van der Waals surface area (Å²) in [6.45, 7) is 1.52. The van der Waals surface area contributed by atoms with Gasteiger partial charge in [-0.15, -0.1) is 0 Å². The molecule has 0 aliphatic carbocycles. The lowest BCUT2D eigenvalue weighted by Gasteiger charge is -2.35. The highest BCUT2D eigenvalue weighted by molar-refractivity contribution is 5.92. The van der Waals surface area contributed by atoms with Crippen LogP contribution in [0.1, 0.15) is 22.5 Å². The molecular formula is C19H22N4O4. The number of hydrogen-bond acceptors (Lipinski definition) is 6. The van der Waals surface area contributed by atoms with E-state index < -0.39 is 0 Å². The highest BCUT2D eigenvalue weighted by Gasteiger charge is 2.30. The van der Waals surface area contributed by atoms with Crippen molar-refractivity contribution in [2.24, 2.45) is 0 Å². The molecule has 0 saturated carbocycles. The standard InChI is InChI=1S/C19H22N4O4/c1-26-17-5-3-2-4-14(17)11-22-18(24)10-15-13-27-9-8-23(15)19(25)16-12-20-6-7-21-16/h2-7,12,15H,8-11,13H2,1H3,(H,22,24)/t15-/m1/s1. The molecule has 1 saturated heterocycles. The first-order valence-corrected chi connectivity index (χ1v) is 8.72. The fourth-order valence-electron chi connectivity index (χ4n) is 2.98. The predicted octanol–water partition coefficient (Wildman–Crippen LogP) is 1.03. The molecule has 1 atom stereocenters. The number of morpholine rings is 1. The first kappa shape index (κ1) is 18.8. The summed E-state index contributed by atoms with van der Waals surface area (Å²) in [4.78, 5) is 34.7. The maximum atomic E-state index is 12.7. The van der Waals surface area contributed by atoms with Gasteiger partial charge in [-0.1, -0.05) is 18.2 Å². The average molecular weight is 370 g/mol. The lowest BCUT2D eigenvalue weighted by atomic mass is 10.1. The molecule has 1 aliphatic rings. The molecule has 3 rings (SSSR count). The number of benzene rings is 1. The summed E-state index contributed by atoms with van der Waals surface area (Å²) < 4.78 is 10.8. The van der Waals surface area contributed by atoms with Gasteiger partial charge in [0.25, 0.3) is 5.91 Å². The summed E-state index contributed by atoms with van der Waals surface area (Å²) >= 11 is 0. The Balaban J connectivity index is 1.60. The third kappa shape index (κ3) is 4.79. The van der Waals surface area contributed by atoms with Crippen LogP contribution in [0.15, 0.2) is 42.9 Å². The molecular weight excluding hydrogens is 348 g/mol. The molecule has 2 aromatic rings. The van der Waals surface area contributed by atoms with Crippen molar-refractivity contribution in [1.29, 1.82) is 0 Å². The smallest absolute Gasteiger partial charge is 0.274 e. The van der Waals surface area contributed by atoms with E-state index in [1.807, 2.05) is 24.3 Å². The number of nitrogens with one attached hydrogen (secondary N) is 1. The number of ether oxygens (including phenoxy) is 2. The van der Waals surface area contributed by atoms with E-state index in [9.17, 15) is 9.59 Å². The van der Waals surface area contributed by atoms with Crippen molar-refractivity contribution in [1.82, 2.24) is 20.2 Å². The quantitative estimate of drug-likeness (QED) is 0.816. The van der Waals surface area contributed by atoms with Gasteiger partial charge in [-0.25, -0.2) is 4.98 Å². The second kappa shape index (κ2) is 9.09. The first-order chi connectivity index (χ1) is 13.2. The van der Waals surface area contributed by atoms with Crippen molar-refractivity contribution < 1.29 is 19.1 Å². The van der Waals surface area contributed by atoms with E-state index in [2.05, 4.69) is 15.3 Å². The normalized spacial score (nSPS) is 16.6. The fourth-order valence-corrected chi connectivity index (χ4v) is 2.98. The molecule has 1 aromatic heterocycles. The largest absolute Gasteiger partial charge is 0.496 e. The van der Waals surface area contributed by atoms with Gasteiger partial charge < -0.3 is 19.7 Å². The van der Waals surface area contributed by atoms with Gasteiger partial charge in [-0.3, -0.25) is 14.6 Å². The Morgan fingerprint density at radius 1 is 1.33 bits per heavy atom. The molecule has 8 nitrogen and oxygen atoms in total. The Morgan fingerprint density at radius 3 is 2.96 bits per heavy atom. The number of amides is 2. The van der Waals surface area contributed by atoms with Crippen LogP contribution in [0.25, 0.3) is 0 Å². The molecule has 0 radical (unpaired) electrons.